The summed E-state index contributed by atoms with van der Waals surface area (Å²) in [6.07, 6.45) is 4.59. The number of carboxylic acid groups (broad SMARTS) is 1. The van der Waals surface area contributed by atoms with E-state index < -0.39 is 11.6 Å². The highest BCUT2D eigenvalue weighted by atomic mass is 16.4. The molecule has 21 heavy (non-hydrogen) atoms. The number of aliphatic carboxylic acids is 1. The van der Waals surface area contributed by atoms with Crippen LogP contribution in [0.4, 0.5) is 0 Å². The molecule has 0 radical (unpaired) electrons. The summed E-state index contributed by atoms with van der Waals surface area (Å²) in [6, 6.07) is 2.61. The molecule has 2 N–H and O–H groups in total. The zero-order valence-electron chi connectivity index (χ0n) is 12.1. The molecule has 1 amide bonds. The summed E-state index contributed by atoms with van der Waals surface area (Å²) in [5.74, 6) is -0.799. The second-order valence-corrected chi connectivity index (χ2v) is 4.98. The lowest BCUT2D eigenvalue weighted by molar-refractivity contribution is -0.137. The highest BCUT2D eigenvalue weighted by molar-refractivity contribution is 5.93. The predicted molar refractivity (Wildman–Crippen MR) is 77.2 cm³/mol. The lowest BCUT2D eigenvalue weighted by Gasteiger charge is -2.15. The van der Waals surface area contributed by atoms with Gasteiger partial charge in [0.25, 0.3) is 5.91 Å². The van der Waals surface area contributed by atoms with E-state index in [9.17, 15) is 14.4 Å². The molecule has 1 heterocycles. The van der Waals surface area contributed by atoms with Gasteiger partial charge in [-0.25, -0.2) is 4.79 Å². The third-order valence-electron chi connectivity index (χ3n) is 3.26. The van der Waals surface area contributed by atoms with E-state index in [4.69, 9.17) is 5.11 Å². The lowest BCUT2D eigenvalue weighted by atomic mass is 9.94. The van der Waals surface area contributed by atoms with Gasteiger partial charge in [-0.3, -0.25) is 9.59 Å². The summed E-state index contributed by atoms with van der Waals surface area (Å²) in [7, 11) is 0. The van der Waals surface area contributed by atoms with Crippen LogP contribution in [-0.4, -0.2) is 23.5 Å². The molecule has 1 aromatic heterocycles. The molecule has 0 aromatic carbocycles. The van der Waals surface area contributed by atoms with Crippen LogP contribution in [0.25, 0.3) is 0 Å². The first kappa shape index (κ1) is 16.9. The van der Waals surface area contributed by atoms with Crippen molar-refractivity contribution in [1.29, 1.82) is 0 Å². The van der Waals surface area contributed by atoms with E-state index in [2.05, 4.69) is 16.7 Å². The molecule has 1 atom stereocenters. The van der Waals surface area contributed by atoms with Crippen molar-refractivity contribution >= 4 is 11.9 Å². The average molecular weight is 295 g/mol. The Morgan fingerprint density at radius 3 is 2.62 bits per heavy atom. The number of nitrogens with one attached hydrogen (secondary N) is 1. The molecule has 6 nitrogen and oxygen atoms in total. The van der Waals surface area contributed by atoms with Crippen molar-refractivity contribution < 1.29 is 19.1 Å². The molecule has 1 unspecified atom stereocenters. The van der Waals surface area contributed by atoms with Gasteiger partial charge in [-0.2, -0.15) is 0 Å². The standard InChI is InChI=1S/C15H21NO5/c1-2-3-11(4-6-13(17)18)8-9-16-15(20)12-5-7-14(19)21-10-12/h5,7,10-11H,2-4,6,8-9H2,1H3,(H,16,20)(H,17,18). The van der Waals surface area contributed by atoms with Crippen LogP contribution in [0.3, 0.4) is 0 Å². The third-order valence-corrected chi connectivity index (χ3v) is 3.26. The van der Waals surface area contributed by atoms with E-state index in [0.29, 0.717) is 24.4 Å². The third kappa shape index (κ3) is 6.74. The van der Waals surface area contributed by atoms with Crippen LogP contribution in [0.15, 0.2) is 27.6 Å². The number of rotatable bonds is 9. The maximum Gasteiger partial charge on any atom is 0.335 e. The van der Waals surface area contributed by atoms with Gasteiger partial charge in [0.15, 0.2) is 0 Å². The van der Waals surface area contributed by atoms with Gasteiger partial charge >= 0.3 is 11.6 Å². The fourth-order valence-electron chi connectivity index (χ4n) is 2.15. The molecular weight excluding hydrogens is 274 g/mol. The molecule has 6 heteroatoms. The summed E-state index contributed by atoms with van der Waals surface area (Å²) in [6.45, 7) is 2.53. The van der Waals surface area contributed by atoms with Crippen LogP contribution in [0.1, 0.15) is 49.4 Å². The van der Waals surface area contributed by atoms with Gasteiger partial charge in [0.2, 0.25) is 0 Å². The fourth-order valence-corrected chi connectivity index (χ4v) is 2.15. The fraction of sp³-hybridized carbons (Fsp3) is 0.533. The minimum Gasteiger partial charge on any atom is -0.481 e. The minimum atomic E-state index is -0.792. The van der Waals surface area contributed by atoms with E-state index in [-0.39, 0.29) is 12.3 Å². The Labute approximate surface area is 123 Å². The van der Waals surface area contributed by atoms with E-state index in [1.165, 1.54) is 12.1 Å². The molecule has 1 rings (SSSR count). The van der Waals surface area contributed by atoms with Gasteiger partial charge in [-0.15, -0.1) is 0 Å². The molecule has 0 bridgehead atoms. The van der Waals surface area contributed by atoms with Gasteiger partial charge in [0.1, 0.15) is 6.26 Å². The molecule has 0 spiro atoms. The summed E-state index contributed by atoms with van der Waals surface area (Å²) < 4.78 is 4.63. The van der Waals surface area contributed by atoms with Crippen molar-refractivity contribution in [2.24, 2.45) is 5.92 Å². The van der Waals surface area contributed by atoms with Gasteiger partial charge in [-0.1, -0.05) is 19.8 Å². The van der Waals surface area contributed by atoms with Gasteiger partial charge < -0.3 is 14.8 Å². The second-order valence-electron chi connectivity index (χ2n) is 4.98. The Kier molecular flexibility index (Phi) is 7.21. The molecule has 0 saturated heterocycles. The Hall–Kier alpha value is -2.11. The van der Waals surface area contributed by atoms with Gasteiger partial charge in [0, 0.05) is 19.0 Å². The summed E-state index contributed by atoms with van der Waals surface area (Å²) in [5.41, 5.74) is -0.199. The van der Waals surface area contributed by atoms with Crippen LogP contribution in [-0.2, 0) is 4.79 Å². The van der Waals surface area contributed by atoms with Crippen molar-refractivity contribution in [3.63, 3.8) is 0 Å². The van der Waals surface area contributed by atoms with Crippen molar-refractivity contribution in [3.8, 4) is 0 Å². The van der Waals surface area contributed by atoms with Crippen molar-refractivity contribution in [3.05, 3.63) is 34.4 Å². The Balaban J connectivity index is 2.38. The zero-order valence-corrected chi connectivity index (χ0v) is 12.1. The SMILES string of the molecule is CCCC(CCNC(=O)c1ccc(=O)oc1)CCC(=O)O. The molecular formula is C15H21NO5. The molecule has 1 aromatic rings. The molecule has 0 aliphatic heterocycles. The molecule has 116 valence electrons. The maximum atomic E-state index is 11.8. The van der Waals surface area contributed by atoms with E-state index >= 15 is 0 Å². The highest BCUT2D eigenvalue weighted by Gasteiger charge is 2.11. The summed E-state index contributed by atoms with van der Waals surface area (Å²) in [4.78, 5) is 33.2. The Morgan fingerprint density at radius 2 is 2.05 bits per heavy atom. The van der Waals surface area contributed by atoms with Crippen LogP contribution >= 0.6 is 0 Å². The quantitative estimate of drug-likeness (QED) is 0.726. The number of hydrogen-bond donors (Lipinski definition) is 2. The van der Waals surface area contributed by atoms with Gasteiger partial charge in [-0.05, 0) is 24.8 Å². The smallest absolute Gasteiger partial charge is 0.335 e. The van der Waals surface area contributed by atoms with E-state index in [1.54, 1.807) is 0 Å². The summed E-state index contributed by atoms with van der Waals surface area (Å²) in [5, 5.41) is 11.5. The molecule has 0 fully saturated rings. The molecule has 0 saturated carbocycles. The number of carbonyl (C=O) groups is 2. The summed E-state index contributed by atoms with van der Waals surface area (Å²) >= 11 is 0. The van der Waals surface area contributed by atoms with Crippen LogP contribution < -0.4 is 10.9 Å². The highest BCUT2D eigenvalue weighted by Crippen LogP contribution is 2.17. The maximum absolute atomic E-state index is 11.8. The first-order valence-electron chi connectivity index (χ1n) is 7.11. The largest absolute Gasteiger partial charge is 0.481 e. The van der Waals surface area contributed by atoms with Crippen molar-refractivity contribution in [1.82, 2.24) is 5.32 Å². The number of carbonyl (C=O) groups excluding carboxylic acids is 1. The van der Waals surface area contributed by atoms with E-state index in [0.717, 1.165) is 25.5 Å². The first-order chi connectivity index (χ1) is 10.0. The Morgan fingerprint density at radius 1 is 1.29 bits per heavy atom. The van der Waals surface area contributed by atoms with Crippen LogP contribution in [0.5, 0.6) is 0 Å². The van der Waals surface area contributed by atoms with E-state index in [1.807, 2.05) is 0 Å². The average Bonchev–Trinajstić information content (AvgIpc) is 2.45. The van der Waals surface area contributed by atoms with Crippen LogP contribution in [0.2, 0.25) is 0 Å². The number of hydrogen-bond acceptors (Lipinski definition) is 4. The predicted octanol–water partition coefficient (Wildman–Crippen LogP) is 2.04. The number of amides is 1. The second kappa shape index (κ2) is 8.94. The van der Waals surface area contributed by atoms with Crippen molar-refractivity contribution in [2.75, 3.05) is 6.54 Å². The normalized spacial score (nSPS) is 11.9. The topological polar surface area (TPSA) is 96.6 Å². The van der Waals surface area contributed by atoms with Crippen molar-refractivity contribution in [2.45, 2.75) is 39.0 Å². The zero-order chi connectivity index (χ0) is 15.7. The number of carboxylic acids is 1. The minimum absolute atomic E-state index is 0.155. The Bertz CT molecular complexity index is 503. The first-order valence-corrected chi connectivity index (χ1v) is 7.11. The lowest BCUT2D eigenvalue weighted by Crippen LogP contribution is -2.26. The van der Waals surface area contributed by atoms with Gasteiger partial charge in [0.05, 0.1) is 5.56 Å². The molecule has 0 aliphatic carbocycles. The monoisotopic (exact) mass is 295 g/mol. The van der Waals surface area contributed by atoms with Crippen LogP contribution in [0, 0.1) is 5.92 Å². The molecule has 0 aliphatic rings.